The minimum Gasteiger partial charge on any atom is -0.231 e. The van der Waals surface area contributed by atoms with E-state index in [4.69, 9.17) is 15.1 Å². The average molecular weight is 703 g/mol. The third-order valence-electron chi connectivity index (χ3n) is 10.3. The fourth-order valence-corrected chi connectivity index (χ4v) is 7.59. The van der Waals surface area contributed by atoms with Crippen LogP contribution in [0.15, 0.2) is 206 Å². The van der Waals surface area contributed by atoms with Crippen LogP contribution in [0.25, 0.3) is 95.0 Å². The van der Waals surface area contributed by atoms with Gasteiger partial charge < -0.3 is 0 Å². The van der Waals surface area contributed by atoms with Crippen LogP contribution in [0.2, 0.25) is 0 Å². The first-order valence-corrected chi connectivity index (χ1v) is 18.5. The van der Waals surface area contributed by atoms with E-state index in [1.54, 1.807) is 0 Å². The highest BCUT2D eigenvalue weighted by molar-refractivity contribution is 6.12. The predicted molar refractivity (Wildman–Crippen MR) is 226 cm³/mol. The van der Waals surface area contributed by atoms with Gasteiger partial charge in [-0.15, -0.1) is 0 Å². The summed E-state index contributed by atoms with van der Waals surface area (Å²) in [4.78, 5) is 10.6. The van der Waals surface area contributed by atoms with Crippen LogP contribution < -0.4 is 0 Å². The maximum Gasteiger partial charge on any atom is 0.161 e. The summed E-state index contributed by atoms with van der Waals surface area (Å²) in [5.74, 6) is 0.668. The van der Waals surface area contributed by atoms with Crippen LogP contribution in [0.4, 0.5) is 0 Å². The zero-order valence-corrected chi connectivity index (χ0v) is 29.9. The van der Waals surface area contributed by atoms with E-state index < -0.39 is 0 Å². The second kappa shape index (κ2) is 13.8. The van der Waals surface area contributed by atoms with E-state index in [0.717, 1.165) is 78.0 Å². The number of nitrogens with zero attached hydrogens (tertiary/aromatic N) is 4. The van der Waals surface area contributed by atoms with E-state index in [0.29, 0.717) is 5.82 Å². The van der Waals surface area contributed by atoms with E-state index in [9.17, 15) is 0 Å². The highest BCUT2D eigenvalue weighted by Crippen LogP contribution is 2.43. The topological polar surface area (TPSA) is 43.1 Å². The van der Waals surface area contributed by atoms with Gasteiger partial charge in [0.15, 0.2) is 5.82 Å². The van der Waals surface area contributed by atoms with E-state index >= 15 is 0 Å². The second-order valence-corrected chi connectivity index (χ2v) is 13.6. The number of fused-ring (bicyclic) bond motifs is 3. The maximum absolute atomic E-state index is 5.41. The van der Waals surface area contributed by atoms with E-state index in [2.05, 4.69) is 193 Å². The summed E-state index contributed by atoms with van der Waals surface area (Å²) in [5, 5.41) is 7.54. The van der Waals surface area contributed by atoms with Crippen molar-refractivity contribution in [2.45, 2.75) is 0 Å². The molecular formula is C51H34N4. The lowest BCUT2D eigenvalue weighted by Crippen LogP contribution is -1.99. The van der Waals surface area contributed by atoms with Crippen molar-refractivity contribution in [3.8, 4) is 78.7 Å². The second-order valence-electron chi connectivity index (χ2n) is 13.6. The first-order valence-electron chi connectivity index (χ1n) is 18.5. The number of pyridine rings is 1. The Morgan fingerprint density at radius 1 is 0.345 bits per heavy atom. The lowest BCUT2D eigenvalue weighted by atomic mass is 9.95. The van der Waals surface area contributed by atoms with Crippen molar-refractivity contribution in [2.24, 2.45) is 0 Å². The first kappa shape index (κ1) is 32.2. The smallest absolute Gasteiger partial charge is 0.161 e. The molecule has 0 atom stereocenters. The zero-order chi connectivity index (χ0) is 36.6. The Balaban J connectivity index is 1.26. The van der Waals surface area contributed by atoms with Gasteiger partial charge in [0.25, 0.3) is 0 Å². The SMILES string of the molecule is c1ccc(-c2ccc(-c3cc(-c4ccccc4)nc(-c4cccc5c4cc(-c4ccccc4)n4nc(-c6ccccc6)c(-c6ccccc6)c54)n3)cc2)cc1. The molecule has 0 fully saturated rings. The monoisotopic (exact) mass is 702 g/mol. The molecule has 3 aromatic heterocycles. The molecule has 0 N–H and O–H groups in total. The molecule has 0 bridgehead atoms. The van der Waals surface area contributed by atoms with Crippen LogP contribution in [-0.2, 0) is 0 Å². The average Bonchev–Trinajstić information content (AvgIpc) is 3.69. The van der Waals surface area contributed by atoms with Gasteiger partial charge in [-0.25, -0.2) is 14.5 Å². The van der Waals surface area contributed by atoms with Crippen LogP contribution in [0.1, 0.15) is 0 Å². The first-order chi connectivity index (χ1) is 27.3. The maximum atomic E-state index is 5.41. The molecule has 0 aliphatic carbocycles. The Morgan fingerprint density at radius 2 is 0.818 bits per heavy atom. The summed E-state index contributed by atoms with van der Waals surface area (Å²) in [5.41, 5.74) is 14.4. The standard InChI is InChI=1S/C51H34N4/c1-6-17-35(18-7-1)36-29-31-38(32-30-36)46-34-45(37-19-8-2-9-20-37)52-51(53-46)43-28-16-27-42-44(43)33-47(39-21-10-3-11-22-39)55-50(42)48(40-23-12-4-13-24-40)49(54-55)41-25-14-5-15-26-41/h1-34H. The largest absolute Gasteiger partial charge is 0.231 e. The van der Waals surface area contributed by atoms with Gasteiger partial charge in [-0.05, 0) is 34.2 Å². The van der Waals surface area contributed by atoms with Crippen molar-refractivity contribution >= 4 is 16.3 Å². The Bertz CT molecular complexity index is 2920. The quantitative estimate of drug-likeness (QED) is 0.166. The summed E-state index contributed by atoms with van der Waals surface area (Å²) < 4.78 is 2.13. The van der Waals surface area contributed by atoms with Gasteiger partial charge in [0.2, 0.25) is 0 Å². The molecule has 0 saturated carbocycles. The summed E-state index contributed by atoms with van der Waals surface area (Å²) in [7, 11) is 0. The van der Waals surface area contributed by atoms with Crippen molar-refractivity contribution in [3.05, 3.63) is 206 Å². The fourth-order valence-electron chi connectivity index (χ4n) is 7.59. The molecule has 0 saturated heterocycles. The molecule has 0 aliphatic heterocycles. The Kier molecular flexibility index (Phi) is 8.12. The predicted octanol–water partition coefficient (Wildman–Crippen LogP) is 12.9. The summed E-state index contributed by atoms with van der Waals surface area (Å²) >= 11 is 0. The van der Waals surface area contributed by atoms with E-state index in [1.165, 1.54) is 11.1 Å². The van der Waals surface area contributed by atoms with Crippen molar-refractivity contribution in [2.75, 3.05) is 0 Å². The molecule has 0 aliphatic rings. The van der Waals surface area contributed by atoms with Crippen molar-refractivity contribution in [3.63, 3.8) is 0 Å². The van der Waals surface area contributed by atoms with E-state index in [-0.39, 0.29) is 0 Å². The highest BCUT2D eigenvalue weighted by atomic mass is 15.2. The molecule has 0 radical (unpaired) electrons. The molecule has 4 heteroatoms. The van der Waals surface area contributed by atoms with Gasteiger partial charge >= 0.3 is 0 Å². The molecule has 0 unspecified atom stereocenters. The Hall–Kier alpha value is -7.43. The summed E-state index contributed by atoms with van der Waals surface area (Å²) in [6.07, 6.45) is 0. The summed E-state index contributed by atoms with van der Waals surface area (Å²) in [6, 6.07) is 71.9. The minimum absolute atomic E-state index is 0.668. The molecule has 0 amide bonds. The zero-order valence-electron chi connectivity index (χ0n) is 29.9. The van der Waals surface area contributed by atoms with E-state index in [1.807, 2.05) is 18.2 Å². The molecular weight excluding hydrogens is 669 g/mol. The molecule has 258 valence electrons. The number of rotatable bonds is 7. The molecule has 3 heterocycles. The van der Waals surface area contributed by atoms with Crippen molar-refractivity contribution in [1.82, 2.24) is 19.6 Å². The third kappa shape index (κ3) is 5.96. The lowest BCUT2D eigenvalue weighted by molar-refractivity contribution is 0.979. The van der Waals surface area contributed by atoms with Gasteiger partial charge in [0, 0.05) is 38.8 Å². The van der Waals surface area contributed by atoms with Crippen LogP contribution in [0.5, 0.6) is 0 Å². The number of hydrogen-bond donors (Lipinski definition) is 0. The number of benzene rings is 7. The van der Waals surface area contributed by atoms with Crippen molar-refractivity contribution in [1.29, 1.82) is 0 Å². The minimum atomic E-state index is 0.668. The molecule has 55 heavy (non-hydrogen) atoms. The third-order valence-corrected chi connectivity index (χ3v) is 10.3. The van der Waals surface area contributed by atoms with Crippen LogP contribution >= 0.6 is 0 Å². The van der Waals surface area contributed by atoms with Gasteiger partial charge in [0.05, 0.1) is 22.6 Å². The Morgan fingerprint density at radius 3 is 1.42 bits per heavy atom. The van der Waals surface area contributed by atoms with Gasteiger partial charge in [-0.1, -0.05) is 194 Å². The number of hydrogen-bond acceptors (Lipinski definition) is 3. The molecule has 10 rings (SSSR count). The van der Waals surface area contributed by atoms with Gasteiger partial charge in [-0.3, -0.25) is 0 Å². The van der Waals surface area contributed by atoms with Gasteiger partial charge in [0.1, 0.15) is 5.69 Å². The number of aromatic nitrogens is 4. The van der Waals surface area contributed by atoms with Crippen molar-refractivity contribution < 1.29 is 0 Å². The Labute approximate surface area is 319 Å². The molecule has 10 aromatic rings. The van der Waals surface area contributed by atoms with Crippen LogP contribution in [0, 0.1) is 0 Å². The lowest BCUT2D eigenvalue weighted by Gasteiger charge is -2.15. The molecule has 0 spiro atoms. The molecule has 4 nitrogen and oxygen atoms in total. The normalized spacial score (nSPS) is 11.3. The molecule has 7 aromatic carbocycles. The fraction of sp³-hybridized carbons (Fsp3) is 0. The van der Waals surface area contributed by atoms with Gasteiger partial charge in [-0.2, -0.15) is 5.10 Å². The highest BCUT2D eigenvalue weighted by Gasteiger charge is 2.23. The van der Waals surface area contributed by atoms with Crippen LogP contribution in [0.3, 0.4) is 0 Å². The van der Waals surface area contributed by atoms with Crippen LogP contribution in [-0.4, -0.2) is 19.6 Å². The summed E-state index contributed by atoms with van der Waals surface area (Å²) in [6.45, 7) is 0.